The van der Waals surface area contributed by atoms with Crippen LogP contribution < -0.4 is 14.4 Å². The second kappa shape index (κ2) is 10.2. The lowest BCUT2D eigenvalue weighted by molar-refractivity contribution is -0.117. The minimum Gasteiger partial charge on any atom is -0.493 e. The molecule has 1 atom stereocenters. The van der Waals surface area contributed by atoms with Crippen molar-refractivity contribution >= 4 is 22.6 Å². The zero-order chi connectivity index (χ0) is 24.2. The topological polar surface area (TPSA) is 56.6 Å². The Bertz CT molecular complexity index is 1310. The summed E-state index contributed by atoms with van der Waals surface area (Å²) in [7, 11) is 1.65. The second-order valence-corrected chi connectivity index (χ2v) is 9.06. The van der Waals surface area contributed by atoms with Gasteiger partial charge in [-0.1, -0.05) is 42.0 Å². The number of hydrogen-bond acceptors (Lipinski definition) is 4. The van der Waals surface area contributed by atoms with E-state index in [1.54, 1.807) is 7.11 Å². The van der Waals surface area contributed by atoms with Crippen LogP contribution in [0.3, 0.4) is 0 Å². The van der Waals surface area contributed by atoms with E-state index in [4.69, 9.17) is 14.5 Å². The molecule has 6 nitrogen and oxygen atoms in total. The largest absolute Gasteiger partial charge is 0.493 e. The molecular formula is C29H31N3O3. The molecule has 1 aliphatic rings. The Morgan fingerprint density at radius 1 is 0.943 bits per heavy atom. The van der Waals surface area contributed by atoms with Crippen molar-refractivity contribution in [2.24, 2.45) is 0 Å². The molecular weight excluding hydrogens is 438 g/mol. The molecule has 0 saturated carbocycles. The summed E-state index contributed by atoms with van der Waals surface area (Å²) in [5.41, 5.74) is 4.25. The molecule has 0 bridgehead atoms. The molecule has 180 valence electrons. The normalized spacial score (nSPS) is 15.7. The number of para-hydroxylation sites is 4. The Balaban J connectivity index is 1.29. The predicted molar refractivity (Wildman–Crippen MR) is 138 cm³/mol. The molecule has 0 aliphatic carbocycles. The zero-order valence-electron chi connectivity index (χ0n) is 20.3. The van der Waals surface area contributed by atoms with Gasteiger partial charge in [0.15, 0.2) is 11.5 Å². The van der Waals surface area contributed by atoms with Crippen molar-refractivity contribution < 1.29 is 14.3 Å². The summed E-state index contributed by atoms with van der Waals surface area (Å²) in [4.78, 5) is 19.8. The molecule has 35 heavy (non-hydrogen) atoms. The number of nitrogens with zero attached hydrogens (tertiary/aromatic N) is 3. The van der Waals surface area contributed by atoms with Crippen LogP contribution in [0.4, 0.5) is 5.69 Å². The average molecular weight is 470 g/mol. The number of anilines is 1. The van der Waals surface area contributed by atoms with Gasteiger partial charge in [0.1, 0.15) is 5.82 Å². The van der Waals surface area contributed by atoms with E-state index in [9.17, 15) is 4.79 Å². The fraction of sp³-hybridized carbons (Fsp3) is 0.310. The van der Waals surface area contributed by atoms with E-state index >= 15 is 0 Å². The number of aromatic nitrogens is 2. The number of ether oxygens (including phenoxy) is 2. The van der Waals surface area contributed by atoms with E-state index in [1.165, 1.54) is 5.56 Å². The summed E-state index contributed by atoms with van der Waals surface area (Å²) >= 11 is 0. The first-order valence-electron chi connectivity index (χ1n) is 12.2. The second-order valence-electron chi connectivity index (χ2n) is 9.06. The molecule has 4 aromatic rings. The van der Waals surface area contributed by atoms with Crippen LogP contribution in [0.2, 0.25) is 0 Å². The SMILES string of the molecule is COc1ccccc1OCCCCn1c([C@@H]2CC(=O)N(c3ccc(C)cc3)C2)nc2ccccc21. The Hall–Kier alpha value is -3.80. The third-order valence-corrected chi connectivity index (χ3v) is 6.62. The van der Waals surface area contributed by atoms with Gasteiger partial charge in [-0.3, -0.25) is 4.79 Å². The number of benzene rings is 3. The third-order valence-electron chi connectivity index (χ3n) is 6.62. The zero-order valence-corrected chi connectivity index (χ0v) is 20.3. The summed E-state index contributed by atoms with van der Waals surface area (Å²) in [6.45, 7) is 4.16. The van der Waals surface area contributed by atoms with E-state index in [1.807, 2.05) is 53.4 Å². The Labute approximate surface area is 206 Å². The molecule has 1 aromatic heterocycles. The van der Waals surface area contributed by atoms with Crippen LogP contribution >= 0.6 is 0 Å². The monoisotopic (exact) mass is 469 g/mol. The minimum atomic E-state index is 0.0704. The summed E-state index contributed by atoms with van der Waals surface area (Å²) in [6.07, 6.45) is 2.34. The Morgan fingerprint density at radius 3 is 2.49 bits per heavy atom. The lowest BCUT2D eigenvalue weighted by atomic mass is 10.1. The Morgan fingerprint density at radius 2 is 1.69 bits per heavy atom. The van der Waals surface area contributed by atoms with Gasteiger partial charge in [-0.2, -0.15) is 0 Å². The van der Waals surface area contributed by atoms with Gasteiger partial charge in [-0.25, -0.2) is 4.98 Å². The highest BCUT2D eigenvalue weighted by Crippen LogP contribution is 2.33. The molecule has 0 N–H and O–H groups in total. The fourth-order valence-electron chi connectivity index (χ4n) is 4.79. The van der Waals surface area contributed by atoms with Crippen molar-refractivity contribution in [2.45, 2.75) is 38.6 Å². The average Bonchev–Trinajstić information content (AvgIpc) is 3.45. The van der Waals surface area contributed by atoms with Crippen molar-refractivity contribution in [1.29, 1.82) is 0 Å². The lowest BCUT2D eigenvalue weighted by Gasteiger charge is -2.18. The van der Waals surface area contributed by atoms with Crippen LogP contribution in [0.1, 0.15) is 36.6 Å². The number of hydrogen-bond donors (Lipinski definition) is 0. The van der Waals surface area contributed by atoms with Crippen LogP contribution in [-0.2, 0) is 11.3 Å². The van der Waals surface area contributed by atoms with Gasteiger partial charge >= 0.3 is 0 Å². The number of rotatable bonds is 9. The molecule has 1 amide bonds. The van der Waals surface area contributed by atoms with Gasteiger partial charge in [-0.15, -0.1) is 0 Å². The van der Waals surface area contributed by atoms with Crippen molar-refractivity contribution in [3.63, 3.8) is 0 Å². The number of carbonyl (C=O) groups is 1. The maximum absolute atomic E-state index is 12.9. The minimum absolute atomic E-state index is 0.0704. The highest BCUT2D eigenvalue weighted by atomic mass is 16.5. The van der Waals surface area contributed by atoms with Crippen molar-refractivity contribution in [3.8, 4) is 11.5 Å². The summed E-state index contributed by atoms with van der Waals surface area (Å²) in [6, 6.07) is 24.1. The predicted octanol–water partition coefficient (Wildman–Crippen LogP) is 5.73. The van der Waals surface area contributed by atoms with Crippen LogP contribution in [0.25, 0.3) is 11.0 Å². The highest BCUT2D eigenvalue weighted by molar-refractivity contribution is 5.96. The first-order valence-corrected chi connectivity index (χ1v) is 12.2. The lowest BCUT2D eigenvalue weighted by Crippen LogP contribution is -2.24. The molecule has 2 heterocycles. The molecule has 1 aliphatic heterocycles. The maximum Gasteiger partial charge on any atom is 0.227 e. The quantitative estimate of drug-likeness (QED) is 0.294. The van der Waals surface area contributed by atoms with E-state index in [0.29, 0.717) is 19.6 Å². The van der Waals surface area contributed by atoms with Crippen LogP contribution in [0, 0.1) is 6.92 Å². The fourth-order valence-corrected chi connectivity index (χ4v) is 4.79. The van der Waals surface area contributed by atoms with Crippen LogP contribution in [0.5, 0.6) is 11.5 Å². The highest BCUT2D eigenvalue weighted by Gasteiger charge is 2.34. The maximum atomic E-state index is 12.9. The van der Waals surface area contributed by atoms with E-state index in [2.05, 4.69) is 35.8 Å². The smallest absolute Gasteiger partial charge is 0.227 e. The van der Waals surface area contributed by atoms with Gasteiger partial charge < -0.3 is 18.9 Å². The molecule has 1 saturated heterocycles. The molecule has 1 fully saturated rings. The number of methoxy groups -OCH3 is 1. The standard InChI is InChI=1S/C29H31N3O3/c1-21-13-15-23(16-14-21)32-20-22(19-28(32)33)29-30-24-9-3-4-10-25(24)31(29)17-7-8-18-35-27-12-6-5-11-26(27)34-2/h3-6,9-16,22H,7-8,17-20H2,1-2H3/t22-/m1/s1. The molecule has 6 heteroatoms. The number of amides is 1. The number of carbonyl (C=O) groups excluding carboxylic acids is 1. The van der Waals surface area contributed by atoms with E-state index in [-0.39, 0.29) is 11.8 Å². The third kappa shape index (κ3) is 4.87. The van der Waals surface area contributed by atoms with Crippen LogP contribution in [-0.4, -0.2) is 35.7 Å². The van der Waals surface area contributed by atoms with Crippen molar-refractivity contribution in [1.82, 2.24) is 9.55 Å². The van der Waals surface area contributed by atoms with Gasteiger partial charge in [0.05, 0.1) is 24.8 Å². The van der Waals surface area contributed by atoms with Crippen molar-refractivity contribution in [2.75, 3.05) is 25.2 Å². The van der Waals surface area contributed by atoms with Gasteiger partial charge in [0, 0.05) is 31.1 Å². The number of aryl methyl sites for hydroxylation is 2. The first kappa shape index (κ1) is 23.0. The van der Waals surface area contributed by atoms with E-state index in [0.717, 1.165) is 53.4 Å². The summed E-state index contributed by atoms with van der Waals surface area (Å²) < 4.78 is 13.6. The molecule has 0 radical (unpaired) electrons. The van der Waals surface area contributed by atoms with Crippen molar-refractivity contribution in [3.05, 3.63) is 84.2 Å². The molecule has 0 unspecified atom stereocenters. The Kier molecular flexibility index (Phi) is 6.70. The molecule has 0 spiro atoms. The number of imidazole rings is 1. The summed E-state index contributed by atoms with van der Waals surface area (Å²) in [5.74, 6) is 2.74. The van der Waals surface area contributed by atoms with E-state index < -0.39 is 0 Å². The number of fused-ring (bicyclic) bond motifs is 1. The van der Waals surface area contributed by atoms with Gasteiger partial charge in [0.2, 0.25) is 5.91 Å². The first-order chi connectivity index (χ1) is 17.1. The van der Waals surface area contributed by atoms with Gasteiger partial charge in [-0.05, 0) is 56.2 Å². The molecule has 3 aromatic carbocycles. The van der Waals surface area contributed by atoms with Crippen LogP contribution in [0.15, 0.2) is 72.8 Å². The number of unbranched alkanes of at least 4 members (excludes halogenated alkanes) is 1. The summed E-state index contributed by atoms with van der Waals surface area (Å²) in [5, 5.41) is 0. The molecule has 5 rings (SSSR count). The van der Waals surface area contributed by atoms with Gasteiger partial charge in [0.25, 0.3) is 0 Å².